The molecule has 0 spiro atoms. The number of hydrogen-bond donors (Lipinski definition) is 0. The number of rotatable bonds is 63. The van der Waals surface area contributed by atoms with Gasteiger partial charge in [0.25, 0.3) is 0 Å². The van der Waals surface area contributed by atoms with E-state index in [1.54, 1.807) is 0 Å². The lowest BCUT2D eigenvalue weighted by Gasteiger charge is -2.18. The summed E-state index contributed by atoms with van der Waals surface area (Å²) in [6.45, 7) is 6.40. The van der Waals surface area contributed by atoms with Crippen LogP contribution in [0.2, 0.25) is 0 Å². The van der Waals surface area contributed by atoms with Gasteiger partial charge in [0.2, 0.25) is 0 Å². The SMILES string of the molecule is CC/C=C\C/C=C\C/C=C\C/C=C\C/C=C\C/C=C\CCCCC(=O)OC(COC(=O)CCCCCCC/C=C\C/C=C\C/C=C\CC)COC(=O)CCCCCCCCCCCCCCCCCCCCCCCCCCCCCC. The summed E-state index contributed by atoms with van der Waals surface area (Å²) in [4.78, 5) is 38.4. The Labute approximate surface area is 508 Å². The summed E-state index contributed by atoms with van der Waals surface area (Å²) in [6, 6.07) is 0. The maximum absolute atomic E-state index is 12.9. The van der Waals surface area contributed by atoms with E-state index >= 15 is 0 Å². The maximum atomic E-state index is 12.9. The molecule has 0 aromatic carbocycles. The molecule has 1 atom stereocenters. The van der Waals surface area contributed by atoms with Crippen molar-refractivity contribution in [2.24, 2.45) is 0 Å². The highest BCUT2D eigenvalue weighted by molar-refractivity contribution is 5.71. The van der Waals surface area contributed by atoms with Gasteiger partial charge in [-0.15, -0.1) is 0 Å². The topological polar surface area (TPSA) is 78.9 Å². The van der Waals surface area contributed by atoms with E-state index in [0.717, 1.165) is 128 Å². The molecule has 0 aliphatic heterocycles. The molecule has 1 unspecified atom stereocenters. The third-order valence-electron chi connectivity index (χ3n) is 15.0. The van der Waals surface area contributed by atoms with Crippen LogP contribution < -0.4 is 0 Å². The fourth-order valence-corrected chi connectivity index (χ4v) is 9.88. The van der Waals surface area contributed by atoms with Crippen LogP contribution in [-0.2, 0) is 28.6 Å². The Kier molecular flexibility index (Phi) is 66.2. The molecule has 0 fully saturated rings. The minimum atomic E-state index is -0.811. The minimum Gasteiger partial charge on any atom is -0.462 e. The molecule has 0 amide bonds. The van der Waals surface area contributed by atoms with Crippen LogP contribution in [0.3, 0.4) is 0 Å². The van der Waals surface area contributed by atoms with Crippen LogP contribution in [0.1, 0.15) is 335 Å². The average molecular weight is 1140 g/mol. The highest BCUT2D eigenvalue weighted by Crippen LogP contribution is 2.18. The number of ether oxygens (including phenoxy) is 3. The zero-order chi connectivity index (χ0) is 59.2. The van der Waals surface area contributed by atoms with E-state index in [1.807, 2.05) is 0 Å². The van der Waals surface area contributed by atoms with Crippen molar-refractivity contribution in [1.82, 2.24) is 0 Å². The normalized spacial score (nSPS) is 12.8. The summed E-state index contributed by atoms with van der Waals surface area (Å²) in [6.07, 6.45) is 95.6. The van der Waals surface area contributed by atoms with Crippen molar-refractivity contribution >= 4 is 17.9 Å². The molecule has 0 aromatic rings. The third kappa shape index (κ3) is 66.9. The molecular formula is C76H130O6. The van der Waals surface area contributed by atoms with E-state index in [4.69, 9.17) is 14.2 Å². The van der Waals surface area contributed by atoms with Gasteiger partial charge < -0.3 is 14.2 Å². The number of carbonyl (C=O) groups excluding carboxylic acids is 3. The smallest absolute Gasteiger partial charge is 0.306 e. The fraction of sp³-hybridized carbons (Fsp3) is 0.724. The minimum absolute atomic E-state index is 0.100. The molecule has 0 aliphatic carbocycles. The summed E-state index contributed by atoms with van der Waals surface area (Å²) >= 11 is 0. The molecule has 470 valence electrons. The highest BCUT2D eigenvalue weighted by Gasteiger charge is 2.19. The molecule has 82 heavy (non-hydrogen) atoms. The first-order valence-corrected chi connectivity index (χ1v) is 34.9. The van der Waals surface area contributed by atoms with Gasteiger partial charge in [-0.25, -0.2) is 0 Å². The van der Waals surface area contributed by atoms with Crippen LogP contribution in [0.5, 0.6) is 0 Å². The number of carbonyl (C=O) groups is 3. The number of esters is 3. The molecule has 0 saturated carbocycles. The molecule has 6 heteroatoms. The van der Waals surface area contributed by atoms with Gasteiger partial charge in [-0.1, -0.05) is 323 Å². The maximum Gasteiger partial charge on any atom is 0.306 e. The Morgan fingerprint density at radius 2 is 0.476 bits per heavy atom. The largest absolute Gasteiger partial charge is 0.462 e. The van der Waals surface area contributed by atoms with Gasteiger partial charge in [-0.2, -0.15) is 0 Å². The third-order valence-corrected chi connectivity index (χ3v) is 15.0. The molecule has 0 saturated heterocycles. The fourth-order valence-electron chi connectivity index (χ4n) is 9.88. The Hall–Kier alpha value is -3.93. The van der Waals surface area contributed by atoms with E-state index in [2.05, 4.69) is 130 Å². The van der Waals surface area contributed by atoms with Crippen LogP contribution in [0, 0.1) is 0 Å². The summed E-state index contributed by atoms with van der Waals surface area (Å²) < 4.78 is 16.9. The van der Waals surface area contributed by atoms with Crippen LogP contribution in [0.15, 0.2) is 109 Å². The van der Waals surface area contributed by atoms with E-state index in [1.165, 1.54) is 161 Å². The lowest BCUT2D eigenvalue weighted by Crippen LogP contribution is -2.30. The van der Waals surface area contributed by atoms with Gasteiger partial charge in [0.05, 0.1) is 0 Å². The van der Waals surface area contributed by atoms with E-state index < -0.39 is 6.10 Å². The summed E-state index contributed by atoms with van der Waals surface area (Å²) in [7, 11) is 0. The molecule has 0 bridgehead atoms. The van der Waals surface area contributed by atoms with Gasteiger partial charge in [-0.05, 0) is 103 Å². The van der Waals surface area contributed by atoms with Crippen molar-refractivity contribution in [2.75, 3.05) is 13.2 Å². The average Bonchev–Trinajstić information content (AvgIpc) is 3.47. The number of hydrogen-bond acceptors (Lipinski definition) is 6. The second-order valence-electron chi connectivity index (χ2n) is 23.0. The number of unbranched alkanes of at least 4 members (excludes halogenated alkanes) is 34. The molecule has 0 aliphatic rings. The second kappa shape index (κ2) is 69.6. The Morgan fingerprint density at radius 3 is 0.768 bits per heavy atom. The monoisotopic (exact) mass is 1140 g/mol. The van der Waals surface area contributed by atoms with E-state index in [0.29, 0.717) is 19.3 Å². The summed E-state index contributed by atoms with van der Waals surface area (Å²) in [5, 5.41) is 0. The zero-order valence-corrected chi connectivity index (χ0v) is 54.0. The first-order chi connectivity index (χ1) is 40.5. The van der Waals surface area contributed by atoms with Gasteiger partial charge in [-0.3, -0.25) is 14.4 Å². The van der Waals surface area contributed by atoms with Crippen molar-refractivity contribution in [2.45, 2.75) is 341 Å². The molecular weight excluding hydrogens is 1010 g/mol. The van der Waals surface area contributed by atoms with Crippen LogP contribution in [0.25, 0.3) is 0 Å². The van der Waals surface area contributed by atoms with Gasteiger partial charge in [0, 0.05) is 19.3 Å². The number of allylic oxidation sites excluding steroid dienone is 18. The van der Waals surface area contributed by atoms with Crippen molar-refractivity contribution in [3.05, 3.63) is 109 Å². The molecule has 6 nitrogen and oxygen atoms in total. The van der Waals surface area contributed by atoms with Crippen molar-refractivity contribution in [1.29, 1.82) is 0 Å². The van der Waals surface area contributed by atoms with Crippen molar-refractivity contribution in [3.63, 3.8) is 0 Å². The zero-order valence-electron chi connectivity index (χ0n) is 54.0. The Balaban J connectivity index is 4.34. The quantitative estimate of drug-likeness (QED) is 0.0261. The Bertz CT molecular complexity index is 1640. The molecule has 0 radical (unpaired) electrons. The van der Waals surface area contributed by atoms with Crippen molar-refractivity contribution in [3.8, 4) is 0 Å². The summed E-state index contributed by atoms with van der Waals surface area (Å²) in [5.74, 6) is -0.950. The summed E-state index contributed by atoms with van der Waals surface area (Å²) in [5.41, 5.74) is 0. The molecule has 0 N–H and O–H groups in total. The first-order valence-electron chi connectivity index (χ1n) is 34.9. The van der Waals surface area contributed by atoms with Crippen molar-refractivity contribution < 1.29 is 28.6 Å². The van der Waals surface area contributed by atoms with Gasteiger partial charge in [0.1, 0.15) is 13.2 Å². The lowest BCUT2D eigenvalue weighted by atomic mass is 10.0. The standard InChI is InChI=1S/C76H130O6/c1-4-7-10-13-16-19-22-25-28-30-32-34-35-36-37-38-39-40-42-43-45-48-51-54-57-60-63-66-69-75(78)81-72-73(71-80-74(77)68-65-62-59-56-53-50-47-27-24-21-18-15-12-9-6-3)82-76(79)70-67-64-61-58-55-52-49-46-44-41-33-31-29-26-23-20-17-14-11-8-5-2/h8-9,11-12,17-18,20-21,26-27,29,33,41,46-47,49,55,58,73H,4-7,10,13-16,19,22-25,28,30-32,34-40,42-45,48,50-54,56-57,59-72H2,1-3H3/b11-8-,12-9-,20-17-,21-18-,29-26-,41-33-,47-27-,49-46-,58-55-. The van der Waals surface area contributed by atoms with Crippen LogP contribution >= 0.6 is 0 Å². The Morgan fingerprint density at radius 1 is 0.256 bits per heavy atom. The molecule has 0 rings (SSSR count). The van der Waals surface area contributed by atoms with Gasteiger partial charge in [0.15, 0.2) is 6.10 Å². The highest BCUT2D eigenvalue weighted by atomic mass is 16.6. The predicted octanol–water partition coefficient (Wildman–Crippen LogP) is 24.2. The van der Waals surface area contributed by atoms with E-state index in [9.17, 15) is 14.4 Å². The molecule has 0 heterocycles. The molecule has 0 aromatic heterocycles. The van der Waals surface area contributed by atoms with Gasteiger partial charge >= 0.3 is 17.9 Å². The van der Waals surface area contributed by atoms with Crippen LogP contribution in [-0.4, -0.2) is 37.2 Å². The van der Waals surface area contributed by atoms with E-state index in [-0.39, 0.29) is 37.5 Å². The first kappa shape index (κ1) is 78.1. The second-order valence-corrected chi connectivity index (χ2v) is 23.0. The predicted molar refractivity (Wildman–Crippen MR) is 357 cm³/mol. The van der Waals surface area contributed by atoms with Crippen LogP contribution in [0.4, 0.5) is 0 Å². The lowest BCUT2D eigenvalue weighted by molar-refractivity contribution is -0.167.